The molecule has 0 saturated carbocycles. The highest BCUT2D eigenvalue weighted by atomic mass is 16.5. The number of carbonyl (C=O) groups is 1. The van der Waals surface area contributed by atoms with E-state index in [0.29, 0.717) is 12.3 Å². The second-order valence-electron chi connectivity index (χ2n) is 5.69. The van der Waals surface area contributed by atoms with E-state index >= 15 is 0 Å². The van der Waals surface area contributed by atoms with Gasteiger partial charge in [-0.05, 0) is 31.0 Å². The first-order valence-corrected chi connectivity index (χ1v) is 7.81. The van der Waals surface area contributed by atoms with Crippen LogP contribution in [0.4, 0.5) is 0 Å². The van der Waals surface area contributed by atoms with Crippen molar-refractivity contribution in [1.82, 2.24) is 4.98 Å². The van der Waals surface area contributed by atoms with Gasteiger partial charge in [0.25, 0.3) is 0 Å². The monoisotopic (exact) mass is 319 g/mol. The number of hydrogen-bond donors (Lipinski definition) is 0. The lowest BCUT2D eigenvalue weighted by atomic mass is 10.1. The maximum atomic E-state index is 12.4. The lowest BCUT2D eigenvalue weighted by Gasteiger charge is -2.08. The number of aryl methyl sites for hydroxylation is 1. The second kappa shape index (κ2) is 7.04. The van der Waals surface area contributed by atoms with Gasteiger partial charge in [-0.15, -0.1) is 0 Å². The fourth-order valence-electron chi connectivity index (χ4n) is 2.42. The third-order valence-corrected chi connectivity index (χ3v) is 3.93. The number of aromatic nitrogens is 2. The van der Waals surface area contributed by atoms with Crippen LogP contribution in [0.1, 0.15) is 27.2 Å². The van der Waals surface area contributed by atoms with Crippen LogP contribution in [0, 0.1) is 13.8 Å². The van der Waals surface area contributed by atoms with E-state index in [1.165, 1.54) is 0 Å². The van der Waals surface area contributed by atoms with Crippen molar-refractivity contribution in [2.75, 3.05) is 0 Å². The van der Waals surface area contributed by atoms with Gasteiger partial charge in [-0.1, -0.05) is 42.5 Å². The molecule has 0 N–H and O–H groups in total. The molecule has 2 aromatic carbocycles. The molecule has 0 bridgehead atoms. The molecule has 0 saturated heterocycles. The Bertz CT molecular complexity index is 861. The number of esters is 1. The van der Waals surface area contributed by atoms with Crippen molar-refractivity contribution in [1.29, 1.82) is 0 Å². The zero-order chi connectivity index (χ0) is 16.9. The number of rotatable bonds is 4. The van der Waals surface area contributed by atoms with Crippen molar-refractivity contribution in [3.05, 3.63) is 89.5 Å². The highest BCUT2D eigenvalue weighted by molar-refractivity contribution is 5.88. The van der Waals surface area contributed by atoms with Crippen molar-refractivity contribution in [3.63, 3.8) is 0 Å². The standard InChI is InChI=1S/C20H19N2O2/c1-15-7-6-10-19(16(15)2)24-20(23)18-14-22(12-11-21-18)13-17-8-4-3-5-9-17/h3-12,14H,13H2,1-2H3/q+1. The lowest BCUT2D eigenvalue weighted by Crippen LogP contribution is -2.35. The van der Waals surface area contributed by atoms with E-state index in [1.54, 1.807) is 18.5 Å². The predicted octanol–water partition coefficient (Wildman–Crippen LogP) is 3.25. The van der Waals surface area contributed by atoms with Crippen molar-refractivity contribution in [2.45, 2.75) is 20.4 Å². The Balaban J connectivity index is 1.78. The SMILES string of the molecule is Cc1cccc(OC(=O)c2c[n+](Cc3ccccc3)ccn2)c1C. The van der Waals surface area contributed by atoms with Crippen LogP contribution in [0.5, 0.6) is 5.75 Å². The molecule has 1 heterocycles. The molecule has 24 heavy (non-hydrogen) atoms. The third-order valence-electron chi connectivity index (χ3n) is 3.93. The molecular weight excluding hydrogens is 300 g/mol. The molecule has 0 unspecified atom stereocenters. The molecule has 0 aliphatic carbocycles. The molecule has 120 valence electrons. The second-order valence-corrected chi connectivity index (χ2v) is 5.69. The van der Waals surface area contributed by atoms with Crippen LogP contribution in [0.3, 0.4) is 0 Å². The van der Waals surface area contributed by atoms with E-state index in [-0.39, 0.29) is 5.69 Å². The highest BCUT2D eigenvalue weighted by Gasteiger charge is 2.16. The van der Waals surface area contributed by atoms with Crippen molar-refractivity contribution in [3.8, 4) is 5.75 Å². The van der Waals surface area contributed by atoms with Gasteiger partial charge in [-0.25, -0.2) is 9.78 Å². The maximum Gasteiger partial charge on any atom is 0.368 e. The third kappa shape index (κ3) is 3.66. The fraction of sp³-hybridized carbons (Fsp3) is 0.150. The Hall–Kier alpha value is -3.01. The summed E-state index contributed by atoms with van der Waals surface area (Å²) in [6.45, 7) is 4.60. The quantitative estimate of drug-likeness (QED) is 0.421. The minimum atomic E-state index is -0.453. The Morgan fingerprint density at radius 3 is 2.67 bits per heavy atom. The molecule has 1 aromatic heterocycles. The summed E-state index contributed by atoms with van der Waals surface area (Å²) in [6, 6.07) is 15.7. The van der Waals surface area contributed by atoms with Gasteiger partial charge in [0.1, 0.15) is 5.75 Å². The molecule has 3 aromatic rings. The van der Waals surface area contributed by atoms with Crippen LogP contribution in [0.15, 0.2) is 67.1 Å². The fourth-order valence-corrected chi connectivity index (χ4v) is 2.42. The highest BCUT2D eigenvalue weighted by Crippen LogP contribution is 2.21. The molecule has 0 amide bonds. The van der Waals surface area contributed by atoms with Crippen LogP contribution in [-0.2, 0) is 6.54 Å². The Labute approximate surface area is 141 Å². The van der Waals surface area contributed by atoms with Crippen LogP contribution in [0.25, 0.3) is 0 Å². The summed E-state index contributed by atoms with van der Waals surface area (Å²) >= 11 is 0. The first-order chi connectivity index (χ1) is 11.6. The Kier molecular flexibility index (Phi) is 4.66. The molecule has 0 fully saturated rings. The molecule has 0 aliphatic heterocycles. The largest absolute Gasteiger partial charge is 0.421 e. The molecule has 0 atom stereocenters. The summed E-state index contributed by atoms with van der Waals surface area (Å²) in [5.41, 5.74) is 3.48. The van der Waals surface area contributed by atoms with Gasteiger partial charge in [-0.2, -0.15) is 4.57 Å². The summed E-state index contributed by atoms with van der Waals surface area (Å²) in [7, 11) is 0. The van der Waals surface area contributed by atoms with Gasteiger partial charge in [0, 0.05) is 5.56 Å². The van der Waals surface area contributed by atoms with Gasteiger partial charge in [-0.3, -0.25) is 0 Å². The molecular formula is C20H19N2O2+. The van der Waals surface area contributed by atoms with Gasteiger partial charge < -0.3 is 4.74 Å². The van der Waals surface area contributed by atoms with Crippen LogP contribution in [-0.4, -0.2) is 11.0 Å². The molecule has 0 spiro atoms. The predicted molar refractivity (Wildman–Crippen MR) is 90.9 cm³/mol. The summed E-state index contributed by atoms with van der Waals surface area (Å²) in [4.78, 5) is 16.5. The number of benzene rings is 2. The van der Waals surface area contributed by atoms with E-state index in [0.717, 1.165) is 16.7 Å². The average Bonchev–Trinajstić information content (AvgIpc) is 2.60. The van der Waals surface area contributed by atoms with Gasteiger partial charge in [0.05, 0.1) is 6.20 Å². The zero-order valence-electron chi connectivity index (χ0n) is 13.8. The number of ether oxygens (including phenoxy) is 1. The zero-order valence-corrected chi connectivity index (χ0v) is 13.8. The summed E-state index contributed by atoms with van der Waals surface area (Å²) in [5.74, 6) is 0.117. The maximum absolute atomic E-state index is 12.4. The average molecular weight is 319 g/mol. The van der Waals surface area contributed by atoms with Crippen molar-refractivity contribution in [2.24, 2.45) is 0 Å². The summed E-state index contributed by atoms with van der Waals surface area (Å²) < 4.78 is 7.42. The lowest BCUT2D eigenvalue weighted by molar-refractivity contribution is -0.689. The van der Waals surface area contributed by atoms with Crippen molar-refractivity contribution < 1.29 is 14.1 Å². The van der Waals surface area contributed by atoms with Crippen LogP contribution >= 0.6 is 0 Å². The minimum Gasteiger partial charge on any atom is -0.421 e. The minimum absolute atomic E-state index is 0.286. The first-order valence-electron chi connectivity index (χ1n) is 7.81. The molecule has 4 nitrogen and oxygen atoms in total. The van der Waals surface area contributed by atoms with E-state index in [1.807, 2.05) is 67.1 Å². The van der Waals surface area contributed by atoms with Gasteiger partial charge in [0.2, 0.25) is 11.9 Å². The van der Waals surface area contributed by atoms with Crippen LogP contribution in [0.2, 0.25) is 0 Å². The van der Waals surface area contributed by atoms with Gasteiger partial charge >= 0.3 is 5.97 Å². The van der Waals surface area contributed by atoms with E-state index in [9.17, 15) is 4.79 Å². The Morgan fingerprint density at radius 1 is 1.08 bits per heavy atom. The topological polar surface area (TPSA) is 43.1 Å². The van der Waals surface area contributed by atoms with Crippen LogP contribution < -0.4 is 9.30 Å². The molecule has 0 radical (unpaired) electrons. The van der Waals surface area contributed by atoms with E-state index < -0.39 is 5.97 Å². The van der Waals surface area contributed by atoms with Crippen molar-refractivity contribution >= 4 is 5.97 Å². The molecule has 0 aliphatic rings. The molecule has 3 rings (SSSR count). The van der Waals surface area contributed by atoms with E-state index in [2.05, 4.69) is 4.98 Å². The number of hydrogen-bond acceptors (Lipinski definition) is 3. The molecule has 4 heteroatoms. The van der Waals surface area contributed by atoms with E-state index in [4.69, 9.17) is 4.74 Å². The Morgan fingerprint density at radius 2 is 1.88 bits per heavy atom. The number of nitrogens with zero attached hydrogens (tertiary/aromatic N) is 2. The first kappa shape index (κ1) is 15.9. The summed E-state index contributed by atoms with van der Waals surface area (Å²) in [5, 5.41) is 0. The smallest absolute Gasteiger partial charge is 0.368 e. The normalized spacial score (nSPS) is 10.4. The number of carbonyl (C=O) groups excluding carboxylic acids is 1. The summed E-state index contributed by atoms with van der Waals surface area (Å²) in [6.07, 6.45) is 5.16. The van der Waals surface area contributed by atoms with Gasteiger partial charge in [0.15, 0.2) is 12.7 Å².